The normalized spacial score (nSPS) is 10.2. The molecule has 0 radical (unpaired) electrons. The monoisotopic (exact) mass is 272 g/mol. The van der Waals surface area contributed by atoms with Crippen LogP contribution in [0.4, 0.5) is 5.82 Å². The van der Waals surface area contributed by atoms with Crippen LogP contribution in [0.5, 0.6) is 0 Å². The summed E-state index contributed by atoms with van der Waals surface area (Å²) in [6, 6.07) is 0. The number of methoxy groups -OCH3 is 1. The van der Waals surface area contributed by atoms with E-state index in [-0.39, 0.29) is 17.7 Å². The van der Waals surface area contributed by atoms with E-state index in [2.05, 4.69) is 15.3 Å². The van der Waals surface area contributed by atoms with Crippen molar-refractivity contribution in [1.82, 2.24) is 15.3 Å². The molecule has 1 aromatic heterocycles. The van der Waals surface area contributed by atoms with E-state index in [9.17, 15) is 4.79 Å². The summed E-state index contributed by atoms with van der Waals surface area (Å²) >= 11 is 5.73. The van der Waals surface area contributed by atoms with Crippen LogP contribution in [0.2, 0.25) is 5.28 Å². The molecule has 1 N–H and O–H groups in total. The Kier molecular flexibility index (Phi) is 5.80. The fourth-order valence-corrected chi connectivity index (χ4v) is 1.57. The zero-order valence-corrected chi connectivity index (χ0v) is 11.5. The van der Waals surface area contributed by atoms with Crippen LogP contribution < -0.4 is 10.2 Å². The van der Waals surface area contributed by atoms with Gasteiger partial charge in [0.25, 0.3) is 0 Å². The van der Waals surface area contributed by atoms with Crippen molar-refractivity contribution in [3.63, 3.8) is 0 Å². The second kappa shape index (κ2) is 7.13. The van der Waals surface area contributed by atoms with E-state index < -0.39 is 0 Å². The van der Waals surface area contributed by atoms with Crippen molar-refractivity contribution in [2.45, 2.75) is 6.92 Å². The second-order valence-electron chi connectivity index (χ2n) is 3.84. The molecule has 0 aromatic carbocycles. The number of nitrogens with zero attached hydrogens (tertiary/aromatic N) is 3. The molecule has 0 aliphatic carbocycles. The van der Waals surface area contributed by atoms with Crippen molar-refractivity contribution in [2.24, 2.45) is 0 Å². The Morgan fingerprint density at radius 1 is 1.61 bits per heavy atom. The highest BCUT2D eigenvalue weighted by Crippen LogP contribution is 2.16. The minimum atomic E-state index is -0.0938. The number of amides is 1. The SMILES string of the molecule is COCCNC(=O)CN(C)c1nc(Cl)ncc1C. The largest absolute Gasteiger partial charge is 0.383 e. The van der Waals surface area contributed by atoms with Gasteiger partial charge in [0, 0.05) is 32.5 Å². The minimum absolute atomic E-state index is 0.0938. The first-order valence-electron chi connectivity index (χ1n) is 5.50. The lowest BCUT2D eigenvalue weighted by molar-refractivity contribution is -0.119. The molecular formula is C11H17ClN4O2. The predicted octanol–water partition coefficient (Wildman–Crippen LogP) is 0.637. The summed E-state index contributed by atoms with van der Waals surface area (Å²) in [4.78, 5) is 21.3. The number of anilines is 1. The van der Waals surface area contributed by atoms with Gasteiger partial charge in [-0.25, -0.2) is 9.97 Å². The molecule has 100 valence electrons. The van der Waals surface area contributed by atoms with Gasteiger partial charge < -0.3 is 15.0 Å². The lowest BCUT2D eigenvalue weighted by atomic mass is 10.3. The van der Waals surface area contributed by atoms with Gasteiger partial charge in [-0.2, -0.15) is 0 Å². The van der Waals surface area contributed by atoms with Crippen LogP contribution in [0.25, 0.3) is 0 Å². The number of likely N-dealkylation sites (N-methyl/N-ethyl adjacent to an activating group) is 1. The van der Waals surface area contributed by atoms with Gasteiger partial charge in [0.2, 0.25) is 11.2 Å². The third kappa shape index (κ3) is 4.46. The van der Waals surface area contributed by atoms with Crippen LogP contribution in [-0.4, -0.2) is 49.7 Å². The first-order chi connectivity index (χ1) is 8.54. The minimum Gasteiger partial charge on any atom is -0.383 e. The molecule has 7 heteroatoms. The number of aromatic nitrogens is 2. The van der Waals surface area contributed by atoms with Crippen molar-refractivity contribution >= 4 is 23.3 Å². The van der Waals surface area contributed by atoms with Gasteiger partial charge in [-0.05, 0) is 18.5 Å². The van der Waals surface area contributed by atoms with E-state index in [1.807, 2.05) is 6.92 Å². The standard InChI is InChI=1S/C11H17ClN4O2/c1-8-6-14-11(12)15-10(8)16(2)7-9(17)13-4-5-18-3/h6H,4-5,7H2,1-3H3,(H,13,17). The van der Waals surface area contributed by atoms with E-state index in [0.29, 0.717) is 19.0 Å². The average molecular weight is 273 g/mol. The van der Waals surface area contributed by atoms with Crippen molar-refractivity contribution < 1.29 is 9.53 Å². The van der Waals surface area contributed by atoms with Gasteiger partial charge >= 0.3 is 0 Å². The maximum atomic E-state index is 11.6. The molecule has 18 heavy (non-hydrogen) atoms. The number of ether oxygens (including phenoxy) is 1. The highest BCUT2D eigenvalue weighted by atomic mass is 35.5. The molecule has 1 aromatic rings. The Morgan fingerprint density at radius 2 is 2.33 bits per heavy atom. The number of hydrogen-bond donors (Lipinski definition) is 1. The molecule has 1 amide bonds. The Morgan fingerprint density at radius 3 is 3.00 bits per heavy atom. The van der Waals surface area contributed by atoms with Crippen LogP contribution in [0.1, 0.15) is 5.56 Å². The molecule has 1 heterocycles. The molecule has 0 unspecified atom stereocenters. The van der Waals surface area contributed by atoms with Crippen LogP contribution in [-0.2, 0) is 9.53 Å². The predicted molar refractivity (Wildman–Crippen MR) is 69.9 cm³/mol. The average Bonchev–Trinajstić information content (AvgIpc) is 2.32. The number of carbonyl (C=O) groups excluding carboxylic acids is 1. The van der Waals surface area contributed by atoms with E-state index in [1.54, 1.807) is 25.3 Å². The zero-order valence-electron chi connectivity index (χ0n) is 10.7. The smallest absolute Gasteiger partial charge is 0.239 e. The molecule has 1 rings (SSSR count). The molecule has 0 saturated carbocycles. The van der Waals surface area contributed by atoms with Gasteiger partial charge in [0.05, 0.1) is 13.2 Å². The summed E-state index contributed by atoms with van der Waals surface area (Å²) in [7, 11) is 3.37. The molecule has 0 aliphatic heterocycles. The van der Waals surface area contributed by atoms with Crippen molar-refractivity contribution in [2.75, 3.05) is 38.8 Å². The molecule has 0 fully saturated rings. The zero-order chi connectivity index (χ0) is 13.5. The second-order valence-corrected chi connectivity index (χ2v) is 4.18. The molecular weight excluding hydrogens is 256 g/mol. The summed E-state index contributed by atoms with van der Waals surface area (Å²) in [5.41, 5.74) is 0.867. The lowest BCUT2D eigenvalue weighted by Crippen LogP contribution is -2.37. The number of rotatable bonds is 6. The first kappa shape index (κ1) is 14.7. The van der Waals surface area contributed by atoms with Crippen LogP contribution in [0, 0.1) is 6.92 Å². The summed E-state index contributed by atoms with van der Waals surface area (Å²) in [5, 5.41) is 2.91. The van der Waals surface area contributed by atoms with Gasteiger partial charge in [-0.3, -0.25) is 4.79 Å². The quantitative estimate of drug-likeness (QED) is 0.608. The number of nitrogens with one attached hydrogen (secondary N) is 1. The van der Waals surface area contributed by atoms with Gasteiger partial charge in [-0.15, -0.1) is 0 Å². The molecule has 0 bridgehead atoms. The Labute approximate surface area is 111 Å². The summed E-state index contributed by atoms with van der Waals surface area (Å²) in [6.45, 7) is 3.06. The summed E-state index contributed by atoms with van der Waals surface area (Å²) < 4.78 is 4.85. The number of hydrogen-bond acceptors (Lipinski definition) is 5. The van der Waals surface area contributed by atoms with E-state index in [0.717, 1.165) is 5.56 Å². The van der Waals surface area contributed by atoms with Crippen molar-refractivity contribution in [1.29, 1.82) is 0 Å². The maximum Gasteiger partial charge on any atom is 0.239 e. The van der Waals surface area contributed by atoms with Crippen molar-refractivity contribution in [3.8, 4) is 0 Å². The third-order valence-corrected chi connectivity index (χ3v) is 2.47. The fraction of sp³-hybridized carbons (Fsp3) is 0.545. The van der Waals surface area contributed by atoms with Crippen LogP contribution in [0.3, 0.4) is 0 Å². The van der Waals surface area contributed by atoms with Crippen LogP contribution in [0.15, 0.2) is 6.20 Å². The van der Waals surface area contributed by atoms with Gasteiger partial charge in [0.15, 0.2) is 0 Å². The molecule has 0 atom stereocenters. The number of aryl methyl sites for hydroxylation is 1. The van der Waals surface area contributed by atoms with Crippen molar-refractivity contribution in [3.05, 3.63) is 17.0 Å². The molecule has 0 aliphatic rings. The lowest BCUT2D eigenvalue weighted by Gasteiger charge is -2.19. The van der Waals surface area contributed by atoms with E-state index in [4.69, 9.17) is 16.3 Å². The van der Waals surface area contributed by atoms with Gasteiger partial charge in [0.1, 0.15) is 5.82 Å². The van der Waals surface area contributed by atoms with E-state index >= 15 is 0 Å². The highest BCUT2D eigenvalue weighted by Gasteiger charge is 2.11. The summed E-state index contributed by atoms with van der Waals surface area (Å²) in [6.07, 6.45) is 1.63. The van der Waals surface area contributed by atoms with Crippen LogP contribution >= 0.6 is 11.6 Å². The van der Waals surface area contributed by atoms with E-state index in [1.165, 1.54) is 0 Å². The number of halogens is 1. The fourth-order valence-electron chi connectivity index (χ4n) is 1.44. The summed E-state index contributed by atoms with van der Waals surface area (Å²) in [5.74, 6) is 0.556. The topological polar surface area (TPSA) is 67.3 Å². The Bertz CT molecular complexity index is 414. The Balaban J connectivity index is 2.56. The highest BCUT2D eigenvalue weighted by molar-refractivity contribution is 6.28. The molecule has 0 spiro atoms. The maximum absolute atomic E-state index is 11.6. The Hall–Kier alpha value is -1.40. The van der Waals surface area contributed by atoms with Gasteiger partial charge in [-0.1, -0.05) is 0 Å². The first-order valence-corrected chi connectivity index (χ1v) is 5.88. The molecule has 6 nitrogen and oxygen atoms in total. The third-order valence-electron chi connectivity index (χ3n) is 2.29. The molecule has 0 saturated heterocycles. The number of carbonyl (C=O) groups is 1.